The van der Waals surface area contributed by atoms with Gasteiger partial charge < -0.3 is 10.5 Å². The summed E-state index contributed by atoms with van der Waals surface area (Å²) >= 11 is 5.87. The van der Waals surface area contributed by atoms with Crippen LogP contribution in [0, 0.1) is 11.8 Å². The number of hydrogen-bond acceptors (Lipinski definition) is 2. The van der Waals surface area contributed by atoms with E-state index in [0.717, 1.165) is 29.5 Å². The quantitative estimate of drug-likeness (QED) is 0.902. The number of rotatable bonds is 3. The molecule has 2 N–H and O–H groups in total. The van der Waals surface area contributed by atoms with Crippen molar-refractivity contribution in [1.29, 1.82) is 0 Å². The van der Waals surface area contributed by atoms with Crippen LogP contribution in [0.1, 0.15) is 33.1 Å². The first-order chi connectivity index (χ1) is 8.56. The molecule has 1 aliphatic rings. The molecule has 0 radical (unpaired) electrons. The number of benzene rings is 1. The molecule has 1 aliphatic carbocycles. The SMILES string of the molecule is CC(C)C1CCC(N)C(Oc2ccc(Cl)cc2)C1. The van der Waals surface area contributed by atoms with Crippen molar-refractivity contribution >= 4 is 11.6 Å². The third kappa shape index (κ3) is 3.39. The summed E-state index contributed by atoms with van der Waals surface area (Å²) in [5, 5.41) is 0.732. The molecule has 0 heterocycles. The van der Waals surface area contributed by atoms with E-state index in [-0.39, 0.29) is 12.1 Å². The zero-order valence-electron chi connectivity index (χ0n) is 11.1. The monoisotopic (exact) mass is 267 g/mol. The van der Waals surface area contributed by atoms with Gasteiger partial charge in [0.1, 0.15) is 11.9 Å². The Kier molecular flexibility index (Phi) is 4.52. The van der Waals surface area contributed by atoms with Crippen molar-refractivity contribution in [3.05, 3.63) is 29.3 Å². The first kappa shape index (κ1) is 13.7. The maximum absolute atomic E-state index is 6.17. The molecule has 0 aliphatic heterocycles. The van der Waals surface area contributed by atoms with Gasteiger partial charge in [-0.3, -0.25) is 0 Å². The molecule has 2 rings (SSSR count). The highest BCUT2D eigenvalue weighted by molar-refractivity contribution is 6.30. The molecule has 1 saturated carbocycles. The van der Waals surface area contributed by atoms with Gasteiger partial charge in [0.05, 0.1) is 0 Å². The lowest BCUT2D eigenvalue weighted by molar-refractivity contribution is 0.0868. The van der Waals surface area contributed by atoms with E-state index < -0.39 is 0 Å². The van der Waals surface area contributed by atoms with Crippen LogP contribution in [0.25, 0.3) is 0 Å². The van der Waals surface area contributed by atoms with Gasteiger partial charge in [0.15, 0.2) is 0 Å². The summed E-state index contributed by atoms with van der Waals surface area (Å²) in [6, 6.07) is 7.67. The Morgan fingerprint density at radius 1 is 1.22 bits per heavy atom. The topological polar surface area (TPSA) is 35.2 Å². The van der Waals surface area contributed by atoms with Crippen LogP contribution in [-0.2, 0) is 0 Å². The largest absolute Gasteiger partial charge is 0.489 e. The second kappa shape index (κ2) is 5.94. The van der Waals surface area contributed by atoms with Crippen LogP contribution in [0.5, 0.6) is 5.75 Å². The van der Waals surface area contributed by atoms with Crippen molar-refractivity contribution in [2.75, 3.05) is 0 Å². The zero-order chi connectivity index (χ0) is 13.1. The Hall–Kier alpha value is -0.730. The van der Waals surface area contributed by atoms with Crippen molar-refractivity contribution in [2.45, 2.75) is 45.3 Å². The van der Waals surface area contributed by atoms with E-state index in [4.69, 9.17) is 22.1 Å². The van der Waals surface area contributed by atoms with E-state index >= 15 is 0 Å². The Morgan fingerprint density at radius 2 is 1.89 bits per heavy atom. The Labute approximate surface area is 114 Å². The molecular formula is C15H22ClNO. The van der Waals surface area contributed by atoms with Gasteiger partial charge in [-0.15, -0.1) is 0 Å². The van der Waals surface area contributed by atoms with Crippen molar-refractivity contribution < 1.29 is 4.74 Å². The number of nitrogens with two attached hydrogens (primary N) is 1. The first-order valence-electron chi connectivity index (χ1n) is 6.74. The van der Waals surface area contributed by atoms with Crippen LogP contribution in [0.2, 0.25) is 5.02 Å². The van der Waals surface area contributed by atoms with Crippen LogP contribution < -0.4 is 10.5 Å². The second-order valence-corrected chi connectivity index (χ2v) is 6.03. The van der Waals surface area contributed by atoms with E-state index in [2.05, 4.69) is 13.8 Å². The average molecular weight is 268 g/mol. The smallest absolute Gasteiger partial charge is 0.119 e. The van der Waals surface area contributed by atoms with Crippen molar-refractivity contribution in [3.8, 4) is 5.75 Å². The maximum Gasteiger partial charge on any atom is 0.119 e. The van der Waals surface area contributed by atoms with Crippen LogP contribution in [0.4, 0.5) is 0 Å². The van der Waals surface area contributed by atoms with Crippen LogP contribution in [-0.4, -0.2) is 12.1 Å². The van der Waals surface area contributed by atoms with Crippen molar-refractivity contribution in [3.63, 3.8) is 0 Å². The van der Waals surface area contributed by atoms with Gasteiger partial charge in [-0.1, -0.05) is 25.4 Å². The van der Waals surface area contributed by atoms with Gasteiger partial charge in [-0.05, 0) is 55.4 Å². The van der Waals surface area contributed by atoms with E-state index in [1.54, 1.807) is 0 Å². The third-order valence-corrected chi connectivity index (χ3v) is 4.18. The third-order valence-electron chi connectivity index (χ3n) is 3.93. The molecule has 2 nitrogen and oxygen atoms in total. The molecule has 0 spiro atoms. The highest BCUT2D eigenvalue weighted by Gasteiger charge is 2.31. The van der Waals surface area contributed by atoms with E-state index in [9.17, 15) is 0 Å². The fourth-order valence-corrected chi connectivity index (χ4v) is 2.74. The molecule has 0 saturated heterocycles. The zero-order valence-corrected chi connectivity index (χ0v) is 11.9. The number of hydrogen-bond donors (Lipinski definition) is 1. The molecule has 0 bridgehead atoms. The minimum atomic E-state index is 0.132. The first-order valence-corrected chi connectivity index (χ1v) is 7.12. The molecule has 100 valence electrons. The Balaban J connectivity index is 2.00. The highest BCUT2D eigenvalue weighted by atomic mass is 35.5. The lowest BCUT2D eigenvalue weighted by Crippen LogP contribution is -2.44. The van der Waals surface area contributed by atoms with E-state index in [1.165, 1.54) is 6.42 Å². The number of halogens is 1. The molecule has 3 unspecified atom stereocenters. The molecule has 1 fully saturated rings. The summed E-state index contributed by atoms with van der Waals surface area (Å²) in [5.74, 6) is 2.29. The van der Waals surface area contributed by atoms with Gasteiger partial charge >= 0.3 is 0 Å². The summed E-state index contributed by atoms with van der Waals surface area (Å²) in [5.41, 5.74) is 6.17. The van der Waals surface area contributed by atoms with Crippen LogP contribution in [0.3, 0.4) is 0 Å². The maximum atomic E-state index is 6.17. The average Bonchev–Trinajstić information content (AvgIpc) is 2.34. The predicted molar refractivity (Wildman–Crippen MR) is 76.0 cm³/mol. The van der Waals surface area contributed by atoms with Crippen molar-refractivity contribution in [2.24, 2.45) is 17.6 Å². The molecule has 18 heavy (non-hydrogen) atoms. The molecule has 3 atom stereocenters. The summed E-state index contributed by atoms with van der Waals surface area (Å²) in [6.07, 6.45) is 3.47. The minimum absolute atomic E-state index is 0.132. The van der Waals surface area contributed by atoms with Gasteiger partial charge in [0, 0.05) is 11.1 Å². The summed E-state index contributed by atoms with van der Waals surface area (Å²) in [6.45, 7) is 4.56. The highest BCUT2D eigenvalue weighted by Crippen LogP contribution is 2.32. The van der Waals surface area contributed by atoms with E-state index in [1.807, 2.05) is 24.3 Å². The summed E-state index contributed by atoms with van der Waals surface area (Å²) in [7, 11) is 0. The van der Waals surface area contributed by atoms with Gasteiger partial charge in [0.25, 0.3) is 0 Å². The van der Waals surface area contributed by atoms with Crippen LogP contribution >= 0.6 is 11.6 Å². The lowest BCUT2D eigenvalue weighted by atomic mass is 9.78. The minimum Gasteiger partial charge on any atom is -0.489 e. The fraction of sp³-hybridized carbons (Fsp3) is 0.600. The molecular weight excluding hydrogens is 246 g/mol. The summed E-state index contributed by atoms with van der Waals surface area (Å²) in [4.78, 5) is 0. The molecule has 1 aromatic rings. The van der Waals surface area contributed by atoms with E-state index in [0.29, 0.717) is 5.92 Å². The van der Waals surface area contributed by atoms with Gasteiger partial charge in [0.2, 0.25) is 0 Å². The Morgan fingerprint density at radius 3 is 2.50 bits per heavy atom. The van der Waals surface area contributed by atoms with Gasteiger partial charge in [-0.25, -0.2) is 0 Å². The van der Waals surface area contributed by atoms with Crippen molar-refractivity contribution in [1.82, 2.24) is 0 Å². The molecule has 1 aromatic carbocycles. The summed E-state index contributed by atoms with van der Waals surface area (Å²) < 4.78 is 6.02. The Bertz CT molecular complexity index is 377. The predicted octanol–water partition coefficient (Wildman–Crippen LogP) is 3.87. The normalized spacial score (nSPS) is 28.4. The lowest BCUT2D eigenvalue weighted by Gasteiger charge is -2.36. The fourth-order valence-electron chi connectivity index (χ4n) is 2.61. The standard InChI is InChI=1S/C15H22ClNO/c1-10(2)11-3-8-14(17)15(9-11)18-13-6-4-12(16)5-7-13/h4-7,10-11,14-15H,3,8-9,17H2,1-2H3. The molecule has 0 aromatic heterocycles. The van der Waals surface area contributed by atoms with Crippen LogP contribution in [0.15, 0.2) is 24.3 Å². The molecule has 3 heteroatoms. The van der Waals surface area contributed by atoms with Gasteiger partial charge in [-0.2, -0.15) is 0 Å². The molecule has 0 amide bonds. The number of ether oxygens (including phenoxy) is 1. The second-order valence-electron chi connectivity index (χ2n) is 5.59.